The Hall–Kier alpha value is -1.87. The highest BCUT2D eigenvalue weighted by Gasteiger charge is 2.20. The van der Waals surface area contributed by atoms with Crippen LogP contribution in [0.25, 0.3) is 0 Å². The standard InChI is InChI=1S/C20H25FN2/c1-15-11-16(2)13-19(12-15)22-18-7-9-23(10-8-18)14-17-5-3-4-6-20(17)21/h3-6,11-13,18,22H,7-10,14H2,1-2H3. The zero-order valence-corrected chi connectivity index (χ0v) is 14.0. The lowest BCUT2D eigenvalue weighted by Gasteiger charge is -2.33. The van der Waals surface area contributed by atoms with Crippen LogP contribution >= 0.6 is 0 Å². The van der Waals surface area contributed by atoms with Crippen molar-refractivity contribution in [3.8, 4) is 0 Å². The third-order valence-electron chi connectivity index (χ3n) is 4.53. The Kier molecular flexibility index (Phi) is 4.97. The molecule has 0 spiro atoms. The fourth-order valence-electron chi connectivity index (χ4n) is 3.40. The zero-order chi connectivity index (χ0) is 16.2. The molecule has 2 nitrogen and oxygen atoms in total. The number of aryl methyl sites for hydroxylation is 2. The summed E-state index contributed by atoms with van der Waals surface area (Å²) >= 11 is 0. The van der Waals surface area contributed by atoms with E-state index >= 15 is 0 Å². The fourth-order valence-corrected chi connectivity index (χ4v) is 3.40. The van der Waals surface area contributed by atoms with Crippen molar-refractivity contribution in [2.24, 2.45) is 0 Å². The highest BCUT2D eigenvalue weighted by atomic mass is 19.1. The smallest absolute Gasteiger partial charge is 0.127 e. The summed E-state index contributed by atoms with van der Waals surface area (Å²) < 4.78 is 13.7. The molecule has 0 amide bonds. The van der Waals surface area contributed by atoms with Crippen LogP contribution in [0, 0.1) is 19.7 Å². The van der Waals surface area contributed by atoms with E-state index in [9.17, 15) is 4.39 Å². The lowest BCUT2D eigenvalue weighted by Crippen LogP contribution is -2.38. The minimum absolute atomic E-state index is 0.0945. The van der Waals surface area contributed by atoms with Crippen molar-refractivity contribution in [3.05, 3.63) is 65.0 Å². The molecule has 0 aliphatic carbocycles. The van der Waals surface area contributed by atoms with Gasteiger partial charge in [-0.05, 0) is 56.0 Å². The summed E-state index contributed by atoms with van der Waals surface area (Å²) in [6.07, 6.45) is 2.20. The number of benzene rings is 2. The van der Waals surface area contributed by atoms with Crippen molar-refractivity contribution in [3.63, 3.8) is 0 Å². The van der Waals surface area contributed by atoms with E-state index in [0.29, 0.717) is 12.6 Å². The molecule has 0 saturated carbocycles. The normalized spacial score (nSPS) is 16.5. The number of nitrogens with one attached hydrogen (secondary N) is 1. The lowest BCUT2D eigenvalue weighted by molar-refractivity contribution is 0.209. The van der Waals surface area contributed by atoms with Gasteiger partial charge in [0, 0.05) is 36.9 Å². The summed E-state index contributed by atoms with van der Waals surface area (Å²) in [5.74, 6) is -0.0945. The van der Waals surface area contributed by atoms with Crippen LogP contribution in [0.3, 0.4) is 0 Å². The van der Waals surface area contributed by atoms with Gasteiger partial charge >= 0.3 is 0 Å². The minimum Gasteiger partial charge on any atom is -0.382 e. The average molecular weight is 312 g/mol. The third kappa shape index (κ3) is 4.32. The molecular weight excluding hydrogens is 287 g/mol. The van der Waals surface area contributed by atoms with Crippen LogP contribution in [0.15, 0.2) is 42.5 Å². The molecule has 23 heavy (non-hydrogen) atoms. The number of rotatable bonds is 4. The molecule has 0 radical (unpaired) electrons. The van der Waals surface area contributed by atoms with E-state index in [1.54, 1.807) is 12.1 Å². The van der Waals surface area contributed by atoms with E-state index in [0.717, 1.165) is 31.5 Å². The lowest BCUT2D eigenvalue weighted by atomic mass is 10.0. The van der Waals surface area contributed by atoms with E-state index in [1.807, 2.05) is 12.1 Å². The number of piperidine rings is 1. The number of halogens is 1. The second kappa shape index (κ2) is 7.14. The van der Waals surface area contributed by atoms with Gasteiger partial charge in [0.1, 0.15) is 5.82 Å². The first-order valence-corrected chi connectivity index (χ1v) is 8.41. The second-order valence-corrected chi connectivity index (χ2v) is 6.66. The van der Waals surface area contributed by atoms with Crippen molar-refractivity contribution >= 4 is 5.69 Å². The Balaban J connectivity index is 1.53. The van der Waals surface area contributed by atoms with Crippen molar-refractivity contribution in [1.29, 1.82) is 0 Å². The maximum atomic E-state index is 13.7. The Labute approximate surface area is 138 Å². The Morgan fingerprint density at radius 2 is 1.70 bits per heavy atom. The number of nitrogens with zero attached hydrogens (tertiary/aromatic N) is 1. The first-order chi connectivity index (χ1) is 11.1. The molecule has 1 fully saturated rings. The highest BCUT2D eigenvalue weighted by Crippen LogP contribution is 2.20. The molecule has 1 aliphatic rings. The first kappa shape index (κ1) is 16.0. The third-order valence-corrected chi connectivity index (χ3v) is 4.53. The van der Waals surface area contributed by atoms with Crippen LogP contribution in [-0.2, 0) is 6.54 Å². The molecule has 0 unspecified atom stereocenters. The number of hydrogen-bond acceptors (Lipinski definition) is 2. The highest BCUT2D eigenvalue weighted by molar-refractivity contribution is 5.49. The SMILES string of the molecule is Cc1cc(C)cc(NC2CCN(Cc3ccccc3F)CC2)c1. The Morgan fingerprint density at radius 1 is 1.04 bits per heavy atom. The monoisotopic (exact) mass is 312 g/mol. The van der Waals surface area contributed by atoms with Gasteiger partial charge in [-0.15, -0.1) is 0 Å². The largest absolute Gasteiger partial charge is 0.382 e. The summed E-state index contributed by atoms with van der Waals surface area (Å²) in [7, 11) is 0. The minimum atomic E-state index is -0.0945. The topological polar surface area (TPSA) is 15.3 Å². The van der Waals surface area contributed by atoms with Gasteiger partial charge in [-0.2, -0.15) is 0 Å². The van der Waals surface area contributed by atoms with Gasteiger partial charge in [-0.25, -0.2) is 4.39 Å². The molecule has 2 aromatic rings. The van der Waals surface area contributed by atoms with Crippen LogP contribution in [0.2, 0.25) is 0 Å². The van der Waals surface area contributed by atoms with Gasteiger partial charge in [0.05, 0.1) is 0 Å². The van der Waals surface area contributed by atoms with E-state index in [1.165, 1.54) is 16.8 Å². The van der Waals surface area contributed by atoms with Gasteiger partial charge in [0.15, 0.2) is 0 Å². The van der Waals surface area contributed by atoms with E-state index in [2.05, 4.69) is 42.3 Å². The molecule has 2 aromatic carbocycles. The van der Waals surface area contributed by atoms with Gasteiger partial charge in [0.2, 0.25) is 0 Å². The predicted octanol–water partition coefficient (Wildman–Crippen LogP) is 4.52. The van der Waals surface area contributed by atoms with E-state index in [4.69, 9.17) is 0 Å². The molecule has 0 aromatic heterocycles. The average Bonchev–Trinajstić information content (AvgIpc) is 2.50. The number of hydrogen-bond donors (Lipinski definition) is 1. The molecule has 1 aliphatic heterocycles. The van der Waals surface area contributed by atoms with Gasteiger partial charge in [0.25, 0.3) is 0 Å². The maximum Gasteiger partial charge on any atom is 0.127 e. The summed E-state index contributed by atoms with van der Waals surface area (Å²) in [5.41, 5.74) is 4.61. The molecule has 1 saturated heterocycles. The summed E-state index contributed by atoms with van der Waals surface area (Å²) in [6.45, 7) is 7.00. The van der Waals surface area contributed by atoms with Crippen LogP contribution in [0.5, 0.6) is 0 Å². The molecule has 1 heterocycles. The quantitative estimate of drug-likeness (QED) is 0.893. The molecule has 122 valence electrons. The molecule has 0 atom stereocenters. The van der Waals surface area contributed by atoms with Crippen molar-refractivity contribution < 1.29 is 4.39 Å². The summed E-state index contributed by atoms with van der Waals surface area (Å²) in [5, 5.41) is 3.66. The van der Waals surface area contributed by atoms with Crippen LogP contribution in [0.1, 0.15) is 29.5 Å². The van der Waals surface area contributed by atoms with Crippen LogP contribution in [-0.4, -0.2) is 24.0 Å². The second-order valence-electron chi connectivity index (χ2n) is 6.66. The number of likely N-dealkylation sites (tertiary alicyclic amines) is 1. The predicted molar refractivity (Wildman–Crippen MR) is 94.2 cm³/mol. The van der Waals surface area contributed by atoms with Crippen LogP contribution < -0.4 is 5.32 Å². The van der Waals surface area contributed by atoms with E-state index in [-0.39, 0.29) is 5.82 Å². The summed E-state index contributed by atoms with van der Waals surface area (Å²) in [4.78, 5) is 2.35. The van der Waals surface area contributed by atoms with E-state index < -0.39 is 0 Å². The molecule has 3 rings (SSSR count). The Bertz CT molecular complexity index is 640. The van der Waals surface area contributed by atoms with Crippen molar-refractivity contribution in [2.75, 3.05) is 18.4 Å². The van der Waals surface area contributed by atoms with Gasteiger partial charge < -0.3 is 5.32 Å². The Morgan fingerprint density at radius 3 is 2.35 bits per heavy atom. The fraction of sp³-hybridized carbons (Fsp3) is 0.400. The molecule has 3 heteroatoms. The first-order valence-electron chi connectivity index (χ1n) is 8.41. The van der Waals surface area contributed by atoms with Gasteiger partial charge in [-0.3, -0.25) is 4.90 Å². The number of anilines is 1. The van der Waals surface area contributed by atoms with Crippen LogP contribution in [0.4, 0.5) is 10.1 Å². The molecule has 0 bridgehead atoms. The van der Waals surface area contributed by atoms with Crippen molar-refractivity contribution in [1.82, 2.24) is 4.90 Å². The molecular formula is C20H25FN2. The van der Waals surface area contributed by atoms with Gasteiger partial charge in [-0.1, -0.05) is 24.3 Å². The summed E-state index contributed by atoms with van der Waals surface area (Å²) in [6, 6.07) is 14.2. The maximum absolute atomic E-state index is 13.7. The zero-order valence-electron chi connectivity index (χ0n) is 14.0. The van der Waals surface area contributed by atoms with Crippen molar-refractivity contribution in [2.45, 2.75) is 39.3 Å². The molecule has 1 N–H and O–H groups in total.